The minimum Gasteiger partial charge on any atom is -0.399 e. The number of rotatable bonds is 1. The van der Waals surface area contributed by atoms with Crippen LogP contribution in [0.4, 0.5) is 5.69 Å². The van der Waals surface area contributed by atoms with Crippen LogP contribution in [0.25, 0.3) is 0 Å². The van der Waals surface area contributed by atoms with E-state index in [4.69, 9.17) is 11.3 Å². The molecule has 0 saturated carbocycles. The number of nitrogens with zero attached hydrogens (tertiary/aromatic N) is 2. The summed E-state index contributed by atoms with van der Waals surface area (Å²) in [7, 11) is 0. The Hall–Kier alpha value is -1.91. The quantitative estimate of drug-likeness (QED) is 0.145. The fourth-order valence-electron chi connectivity index (χ4n) is 0.486. The fourth-order valence-corrected chi connectivity index (χ4v) is 0.486. The summed E-state index contributed by atoms with van der Waals surface area (Å²) in [5.74, 6) is 4.49. The minimum absolute atomic E-state index is 0.822. The lowest BCUT2D eigenvalue weighted by Gasteiger charge is -1.83. The SMILES string of the molecule is N=NC=NN.Nc1ccccc1. The van der Waals surface area contributed by atoms with Crippen molar-refractivity contribution in [3.8, 4) is 0 Å². The van der Waals surface area contributed by atoms with E-state index >= 15 is 0 Å². The summed E-state index contributed by atoms with van der Waals surface area (Å²) >= 11 is 0. The predicted molar refractivity (Wildman–Crippen MR) is 48.7 cm³/mol. The van der Waals surface area contributed by atoms with Crippen LogP contribution in [0, 0.1) is 5.53 Å². The van der Waals surface area contributed by atoms with Crippen LogP contribution in [0.5, 0.6) is 0 Å². The molecule has 0 atom stereocenters. The number of nitrogens with one attached hydrogen (secondary N) is 1. The van der Waals surface area contributed by atoms with Crippen molar-refractivity contribution in [3.63, 3.8) is 0 Å². The Morgan fingerprint density at radius 2 is 1.83 bits per heavy atom. The molecule has 1 aromatic carbocycles. The van der Waals surface area contributed by atoms with E-state index in [1.807, 2.05) is 30.3 Å². The summed E-state index contributed by atoms with van der Waals surface area (Å²) in [6.07, 6.45) is 0.944. The third-order valence-corrected chi connectivity index (χ3v) is 0.924. The summed E-state index contributed by atoms with van der Waals surface area (Å²) < 4.78 is 0. The maximum Gasteiger partial charge on any atom is 0.156 e. The molecule has 0 aliphatic carbocycles. The molecule has 0 amide bonds. The summed E-state index contributed by atoms with van der Waals surface area (Å²) in [4.78, 5) is 0. The topological polar surface area (TPSA) is 101 Å². The molecule has 12 heavy (non-hydrogen) atoms. The first-order valence-corrected chi connectivity index (χ1v) is 3.20. The Balaban J connectivity index is 0.000000217. The van der Waals surface area contributed by atoms with Crippen LogP contribution in [0.3, 0.4) is 0 Å². The molecule has 0 aliphatic rings. The Labute approximate surface area is 70.6 Å². The highest BCUT2D eigenvalue weighted by atomic mass is 15.2. The molecule has 0 fully saturated rings. The number of anilines is 1. The second kappa shape index (κ2) is 7.20. The Kier molecular flexibility index (Phi) is 6.05. The van der Waals surface area contributed by atoms with Gasteiger partial charge in [-0.2, -0.15) is 5.10 Å². The normalized spacial score (nSPS) is 8.67. The number of hydrogen-bond acceptors (Lipinski definition) is 4. The molecular formula is C7H11N5. The first kappa shape index (κ1) is 10.1. The molecule has 0 bridgehead atoms. The van der Waals surface area contributed by atoms with Gasteiger partial charge in [-0.15, -0.1) is 5.11 Å². The van der Waals surface area contributed by atoms with E-state index in [2.05, 4.69) is 16.1 Å². The molecule has 1 rings (SSSR count). The van der Waals surface area contributed by atoms with Crippen LogP contribution in [-0.4, -0.2) is 6.34 Å². The van der Waals surface area contributed by atoms with Crippen LogP contribution < -0.4 is 11.6 Å². The maximum absolute atomic E-state index is 6.00. The molecular weight excluding hydrogens is 154 g/mol. The van der Waals surface area contributed by atoms with Crippen molar-refractivity contribution in [1.82, 2.24) is 0 Å². The number of nitrogen functional groups attached to an aromatic ring is 1. The van der Waals surface area contributed by atoms with Crippen LogP contribution in [0.1, 0.15) is 0 Å². The van der Waals surface area contributed by atoms with Crippen LogP contribution >= 0.6 is 0 Å². The van der Waals surface area contributed by atoms with Crippen LogP contribution in [0.15, 0.2) is 40.5 Å². The van der Waals surface area contributed by atoms with Gasteiger partial charge in [-0.1, -0.05) is 18.2 Å². The second-order valence-electron chi connectivity index (χ2n) is 1.80. The Morgan fingerprint density at radius 1 is 1.25 bits per heavy atom. The predicted octanol–water partition coefficient (Wildman–Crippen LogP) is 1.19. The van der Waals surface area contributed by atoms with Gasteiger partial charge in [-0.05, 0) is 12.1 Å². The molecule has 5 N–H and O–H groups in total. The highest BCUT2D eigenvalue weighted by Crippen LogP contribution is 1.95. The lowest BCUT2D eigenvalue weighted by atomic mass is 10.3. The van der Waals surface area contributed by atoms with Gasteiger partial charge in [0.2, 0.25) is 0 Å². The summed E-state index contributed by atoms with van der Waals surface area (Å²) in [5, 5.41) is 5.56. The van der Waals surface area contributed by atoms with Crippen molar-refractivity contribution in [3.05, 3.63) is 30.3 Å². The molecule has 5 heteroatoms. The van der Waals surface area contributed by atoms with Gasteiger partial charge in [0.1, 0.15) is 0 Å². The van der Waals surface area contributed by atoms with Crippen molar-refractivity contribution in [2.75, 3.05) is 5.73 Å². The third kappa shape index (κ3) is 6.21. The molecule has 0 spiro atoms. The minimum atomic E-state index is 0.822. The van der Waals surface area contributed by atoms with Crippen molar-refractivity contribution in [2.45, 2.75) is 0 Å². The van der Waals surface area contributed by atoms with E-state index in [9.17, 15) is 0 Å². The number of nitrogens with two attached hydrogens (primary N) is 2. The van der Waals surface area contributed by atoms with E-state index in [0.29, 0.717) is 0 Å². The van der Waals surface area contributed by atoms with Gasteiger partial charge in [0.15, 0.2) is 6.34 Å². The van der Waals surface area contributed by atoms with E-state index < -0.39 is 0 Å². The van der Waals surface area contributed by atoms with E-state index in [0.717, 1.165) is 12.0 Å². The number of hydrogen-bond donors (Lipinski definition) is 3. The lowest BCUT2D eigenvalue weighted by molar-refractivity contribution is 1.17. The summed E-state index contributed by atoms with van der Waals surface area (Å²) in [6.45, 7) is 0. The molecule has 0 aromatic heterocycles. The van der Waals surface area contributed by atoms with Gasteiger partial charge in [-0.3, -0.25) is 0 Å². The monoisotopic (exact) mass is 165 g/mol. The van der Waals surface area contributed by atoms with Crippen LogP contribution in [0.2, 0.25) is 0 Å². The van der Waals surface area contributed by atoms with Gasteiger partial charge in [0.05, 0.1) is 0 Å². The molecule has 64 valence electrons. The molecule has 0 radical (unpaired) electrons. The van der Waals surface area contributed by atoms with E-state index in [1.54, 1.807) is 0 Å². The van der Waals surface area contributed by atoms with Gasteiger partial charge in [0, 0.05) is 5.69 Å². The molecule has 0 aliphatic heterocycles. The average Bonchev–Trinajstić information content (AvgIpc) is 2.08. The van der Waals surface area contributed by atoms with Crippen molar-refractivity contribution in [2.24, 2.45) is 16.1 Å². The Morgan fingerprint density at radius 3 is 2.00 bits per heavy atom. The van der Waals surface area contributed by atoms with Gasteiger partial charge in [-0.25, -0.2) is 5.53 Å². The zero-order valence-electron chi connectivity index (χ0n) is 6.51. The van der Waals surface area contributed by atoms with Crippen LogP contribution in [-0.2, 0) is 0 Å². The zero-order valence-corrected chi connectivity index (χ0v) is 6.51. The highest BCUT2D eigenvalue weighted by Gasteiger charge is 1.72. The van der Waals surface area contributed by atoms with E-state index in [1.165, 1.54) is 0 Å². The second-order valence-corrected chi connectivity index (χ2v) is 1.80. The first-order valence-electron chi connectivity index (χ1n) is 3.20. The molecule has 5 nitrogen and oxygen atoms in total. The fraction of sp³-hybridized carbons (Fsp3) is 0. The Bertz CT molecular complexity index is 231. The highest BCUT2D eigenvalue weighted by molar-refractivity contribution is 5.52. The summed E-state index contributed by atoms with van der Waals surface area (Å²) in [6, 6.07) is 9.49. The molecule has 0 saturated heterocycles. The van der Waals surface area contributed by atoms with E-state index in [-0.39, 0.29) is 0 Å². The van der Waals surface area contributed by atoms with Crippen molar-refractivity contribution >= 4 is 12.0 Å². The molecule has 0 unspecified atom stereocenters. The van der Waals surface area contributed by atoms with Crippen molar-refractivity contribution in [1.29, 1.82) is 5.53 Å². The van der Waals surface area contributed by atoms with Gasteiger partial charge < -0.3 is 11.6 Å². The van der Waals surface area contributed by atoms with Gasteiger partial charge in [0.25, 0.3) is 0 Å². The largest absolute Gasteiger partial charge is 0.399 e. The maximum atomic E-state index is 6.00. The molecule has 0 heterocycles. The molecule has 1 aromatic rings. The van der Waals surface area contributed by atoms with Gasteiger partial charge >= 0.3 is 0 Å². The summed E-state index contributed by atoms with van der Waals surface area (Å²) in [5.41, 5.74) is 12.2. The standard InChI is InChI=1S/C6H7N.CH4N4/c7-6-4-2-1-3-5-6;2-4-1-5-3/h1-5H,7H2;1-2H,3H2. The number of hydrazone groups is 1. The number of benzene rings is 1. The third-order valence-electron chi connectivity index (χ3n) is 0.924. The lowest BCUT2D eigenvalue weighted by Crippen LogP contribution is -1.79. The average molecular weight is 165 g/mol. The zero-order chi connectivity index (χ0) is 9.23. The first-order chi connectivity index (χ1) is 5.81. The number of para-hydroxylation sites is 1. The van der Waals surface area contributed by atoms with Crippen molar-refractivity contribution < 1.29 is 0 Å². The smallest absolute Gasteiger partial charge is 0.156 e.